The average Bonchev–Trinajstić information content (AvgIpc) is 3.07. The van der Waals surface area contributed by atoms with Crippen molar-refractivity contribution in [2.75, 3.05) is 13.1 Å². The van der Waals surface area contributed by atoms with Crippen LogP contribution in [0.1, 0.15) is 62.7 Å². The number of likely N-dealkylation sites (tertiary alicyclic amines) is 1. The maximum absolute atomic E-state index is 13.3. The highest BCUT2D eigenvalue weighted by molar-refractivity contribution is 5.83. The van der Waals surface area contributed by atoms with Gasteiger partial charge in [-0.15, -0.1) is 0 Å². The highest BCUT2D eigenvalue weighted by Gasteiger charge is 2.36. The Balaban J connectivity index is 1.37. The Kier molecular flexibility index (Phi) is 5.49. The Bertz CT molecular complexity index is 876. The van der Waals surface area contributed by atoms with E-state index in [-0.39, 0.29) is 31.0 Å². The number of benzene rings is 1. The third kappa shape index (κ3) is 4.23. The number of piperidine rings is 1. The molecule has 158 valence electrons. The lowest BCUT2D eigenvalue weighted by atomic mass is 9.92. The zero-order valence-corrected chi connectivity index (χ0v) is 17.3. The van der Waals surface area contributed by atoms with Crippen LogP contribution in [0.4, 0.5) is 13.6 Å². The molecule has 1 saturated heterocycles. The van der Waals surface area contributed by atoms with Gasteiger partial charge in [-0.2, -0.15) is 5.10 Å². The summed E-state index contributed by atoms with van der Waals surface area (Å²) in [5.74, 6) is -2.57. The number of nitrogens with zero attached hydrogens (tertiary/aromatic N) is 3. The van der Waals surface area contributed by atoms with Crippen molar-refractivity contribution in [2.45, 2.75) is 76.8 Å². The molecule has 1 aliphatic carbocycles. The number of aryl methyl sites for hydroxylation is 2. The molecule has 5 nitrogen and oxygen atoms in total. The van der Waals surface area contributed by atoms with Crippen LogP contribution >= 0.6 is 0 Å². The standard InChI is InChI=1S/C22H30F2N4O/c1-3-19-18-14-15(2)4-5-20(18)28(26-19)17-8-12-27(13-9-17)21(29)25-16-6-10-22(23,24)11-7-16/h4-5,14,16-17H,3,6-13H2,1-2H3,(H,25,29). The Morgan fingerprint density at radius 3 is 2.55 bits per heavy atom. The van der Waals surface area contributed by atoms with Gasteiger partial charge in [0.05, 0.1) is 17.3 Å². The average molecular weight is 405 g/mol. The largest absolute Gasteiger partial charge is 0.335 e. The molecule has 0 radical (unpaired) electrons. The van der Waals surface area contributed by atoms with Crippen LogP contribution in [0.5, 0.6) is 0 Å². The maximum Gasteiger partial charge on any atom is 0.317 e. The molecule has 1 aromatic carbocycles. The zero-order chi connectivity index (χ0) is 20.6. The van der Waals surface area contributed by atoms with Gasteiger partial charge in [0, 0.05) is 37.4 Å². The number of hydrogen-bond donors (Lipinski definition) is 1. The maximum atomic E-state index is 13.3. The molecule has 2 fully saturated rings. The van der Waals surface area contributed by atoms with E-state index in [1.807, 2.05) is 4.90 Å². The molecule has 0 unspecified atom stereocenters. The summed E-state index contributed by atoms with van der Waals surface area (Å²) in [4.78, 5) is 14.4. The number of carbonyl (C=O) groups is 1. The van der Waals surface area contributed by atoms with Crippen molar-refractivity contribution in [1.29, 1.82) is 0 Å². The fourth-order valence-corrected chi connectivity index (χ4v) is 4.62. The first-order valence-corrected chi connectivity index (χ1v) is 10.8. The molecule has 2 amide bonds. The molecule has 1 N–H and O–H groups in total. The summed E-state index contributed by atoms with van der Waals surface area (Å²) in [6, 6.07) is 6.50. The van der Waals surface area contributed by atoms with Gasteiger partial charge in [0.1, 0.15) is 0 Å². The van der Waals surface area contributed by atoms with Crippen LogP contribution in [-0.4, -0.2) is 45.8 Å². The van der Waals surface area contributed by atoms with Crippen LogP contribution in [0, 0.1) is 6.92 Å². The highest BCUT2D eigenvalue weighted by atomic mass is 19.3. The van der Waals surface area contributed by atoms with Crippen LogP contribution in [0.2, 0.25) is 0 Å². The van der Waals surface area contributed by atoms with E-state index in [1.165, 1.54) is 16.5 Å². The molecule has 0 spiro atoms. The van der Waals surface area contributed by atoms with E-state index in [9.17, 15) is 13.6 Å². The Hall–Kier alpha value is -2.18. The molecular formula is C22H30F2N4O. The van der Waals surface area contributed by atoms with Gasteiger partial charge in [-0.25, -0.2) is 13.6 Å². The normalized spacial score (nSPS) is 20.9. The lowest BCUT2D eigenvalue weighted by molar-refractivity contribution is -0.0398. The van der Waals surface area contributed by atoms with Crippen LogP contribution < -0.4 is 5.32 Å². The van der Waals surface area contributed by atoms with Crippen LogP contribution in [0.25, 0.3) is 10.9 Å². The number of aromatic nitrogens is 2. The van der Waals surface area contributed by atoms with Gasteiger partial charge in [0.15, 0.2) is 0 Å². The quantitative estimate of drug-likeness (QED) is 0.796. The fraction of sp³-hybridized carbons (Fsp3) is 0.636. The minimum atomic E-state index is -2.57. The van der Waals surface area contributed by atoms with E-state index < -0.39 is 5.92 Å². The first kappa shape index (κ1) is 20.1. The van der Waals surface area contributed by atoms with E-state index >= 15 is 0 Å². The van der Waals surface area contributed by atoms with Crippen molar-refractivity contribution in [3.8, 4) is 0 Å². The van der Waals surface area contributed by atoms with Gasteiger partial charge in [-0.3, -0.25) is 4.68 Å². The number of hydrogen-bond acceptors (Lipinski definition) is 2. The van der Waals surface area contributed by atoms with Crippen molar-refractivity contribution >= 4 is 16.9 Å². The number of fused-ring (bicyclic) bond motifs is 1. The molecule has 0 atom stereocenters. The lowest BCUT2D eigenvalue weighted by Crippen LogP contribution is -2.49. The van der Waals surface area contributed by atoms with Gasteiger partial charge in [0.2, 0.25) is 5.92 Å². The van der Waals surface area contributed by atoms with E-state index in [1.54, 1.807) is 0 Å². The van der Waals surface area contributed by atoms with Crippen molar-refractivity contribution in [3.05, 3.63) is 29.5 Å². The second-order valence-corrected chi connectivity index (χ2v) is 8.56. The minimum Gasteiger partial charge on any atom is -0.335 e. The van der Waals surface area contributed by atoms with E-state index in [0.29, 0.717) is 25.9 Å². The molecule has 2 aliphatic rings. The summed E-state index contributed by atoms with van der Waals surface area (Å²) in [6.45, 7) is 5.55. The second-order valence-electron chi connectivity index (χ2n) is 8.56. The Morgan fingerprint density at radius 1 is 1.21 bits per heavy atom. The van der Waals surface area contributed by atoms with Gasteiger partial charge < -0.3 is 10.2 Å². The van der Waals surface area contributed by atoms with Crippen LogP contribution in [-0.2, 0) is 6.42 Å². The van der Waals surface area contributed by atoms with Crippen molar-refractivity contribution < 1.29 is 13.6 Å². The minimum absolute atomic E-state index is 0.117. The molecule has 1 saturated carbocycles. The summed E-state index contributed by atoms with van der Waals surface area (Å²) in [6.07, 6.45) is 3.04. The topological polar surface area (TPSA) is 50.2 Å². The molecule has 1 aliphatic heterocycles. The summed E-state index contributed by atoms with van der Waals surface area (Å²) in [5, 5.41) is 9.06. The van der Waals surface area contributed by atoms with E-state index in [4.69, 9.17) is 5.10 Å². The van der Waals surface area contributed by atoms with Gasteiger partial charge in [-0.1, -0.05) is 18.6 Å². The van der Waals surface area contributed by atoms with E-state index in [2.05, 4.69) is 42.0 Å². The molecular weight excluding hydrogens is 374 g/mol. The molecule has 0 bridgehead atoms. The number of halogens is 2. The first-order valence-electron chi connectivity index (χ1n) is 10.8. The molecule has 2 aromatic rings. The molecule has 4 rings (SSSR count). The Labute approximate surface area is 170 Å². The Morgan fingerprint density at radius 2 is 1.90 bits per heavy atom. The zero-order valence-electron chi connectivity index (χ0n) is 17.3. The first-order chi connectivity index (χ1) is 13.9. The van der Waals surface area contributed by atoms with Crippen molar-refractivity contribution in [1.82, 2.24) is 20.0 Å². The number of rotatable bonds is 3. The smallest absolute Gasteiger partial charge is 0.317 e. The summed E-state index contributed by atoms with van der Waals surface area (Å²) < 4.78 is 28.8. The molecule has 1 aromatic heterocycles. The van der Waals surface area contributed by atoms with Crippen molar-refractivity contribution in [3.63, 3.8) is 0 Å². The van der Waals surface area contributed by atoms with E-state index in [0.717, 1.165) is 25.0 Å². The van der Waals surface area contributed by atoms with Gasteiger partial charge in [-0.05, 0) is 51.2 Å². The summed E-state index contributed by atoms with van der Waals surface area (Å²) in [5.41, 5.74) is 3.52. The van der Waals surface area contributed by atoms with Crippen LogP contribution in [0.3, 0.4) is 0 Å². The fourth-order valence-electron chi connectivity index (χ4n) is 4.62. The lowest BCUT2D eigenvalue weighted by Gasteiger charge is -2.35. The monoisotopic (exact) mass is 404 g/mol. The number of amides is 2. The van der Waals surface area contributed by atoms with Gasteiger partial charge >= 0.3 is 6.03 Å². The predicted molar refractivity (Wildman–Crippen MR) is 109 cm³/mol. The number of alkyl halides is 2. The number of nitrogens with one attached hydrogen (secondary N) is 1. The number of urea groups is 1. The molecule has 7 heteroatoms. The summed E-state index contributed by atoms with van der Waals surface area (Å²) >= 11 is 0. The molecule has 29 heavy (non-hydrogen) atoms. The second kappa shape index (κ2) is 7.92. The van der Waals surface area contributed by atoms with Crippen molar-refractivity contribution in [2.24, 2.45) is 0 Å². The third-order valence-corrected chi connectivity index (χ3v) is 6.42. The van der Waals surface area contributed by atoms with Crippen LogP contribution in [0.15, 0.2) is 18.2 Å². The number of carbonyl (C=O) groups excluding carboxylic acids is 1. The molecule has 2 heterocycles. The SMILES string of the molecule is CCc1nn(C2CCN(C(=O)NC3CCC(F)(F)CC3)CC2)c2ccc(C)cc12. The summed E-state index contributed by atoms with van der Waals surface area (Å²) in [7, 11) is 0. The predicted octanol–water partition coefficient (Wildman–Crippen LogP) is 4.83. The highest BCUT2D eigenvalue weighted by Crippen LogP contribution is 2.33. The van der Waals surface area contributed by atoms with Gasteiger partial charge in [0.25, 0.3) is 0 Å². The third-order valence-electron chi connectivity index (χ3n) is 6.42.